The van der Waals surface area contributed by atoms with Gasteiger partial charge < -0.3 is 14.4 Å². The van der Waals surface area contributed by atoms with E-state index in [0.29, 0.717) is 5.75 Å². The van der Waals surface area contributed by atoms with E-state index in [-0.39, 0.29) is 12.5 Å². The molecule has 5 heteroatoms. The number of carbonyl (C=O) groups is 1. The van der Waals surface area contributed by atoms with Crippen LogP contribution in [0.5, 0.6) is 11.5 Å². The van der Waals surface area contributed by atoms with Crippen molar-refractivity contribution in [1.29, 1.82) is 0 Å². The maximum absolute atomic E-state index is 12.1. The quantitative estimate of drug-likeness (QED) is 0.843. The first kappa shape index (κ1) is 15.2. The van der Waals surface area contributed by atoms with Crippen LogP contribution in [0.25, 0.3) is 0 Å². The van der Waals surface area contributed by atoms with Crippen LogP contribution in [0.2, 0.25) is 0 Å². The lowest BCUT2D eigenvalue weighted by molar-refractivity contribution is -0.133. The summed E-state index contributed by atoms with van der Waals surface area (Å²) in [6.45, 7) is 1.79. The number of nitrogens with zero attached hydrogens (tertiary/aromatic N) is 1. The molecule has 2 rings (SSSR count). The van der Waals surface area contributed by atoms with Crippen LogP contribution in [0, 0.1) is 0 Å². The van der Waals surface area contributed by atoms with Gasteiger partial charge in [-0.05, 0) is 47.0 Å². The molecule has 1 aromatic carbocycles. The zero-order valence-corrected chi connectivity index (χ0v) is 13.3. The molecule has 0 bridgehead atoms. The van der Waals surface area contributed by atoms with Crippen molar-refractivity contribution in [3.8, 4) is 11.5 Å². The van der Waals surface area contributed by atoms with Gasteiger partial charge >= 0.3 is 0 Å². The van der Waals surface area contributed by atoms with Gasteiger partial charge in [-0.1, -0.05) is 12.8 Å². The van der Waals surface area contributed by atoms with Crippen molar-refractivity contribution >= 4 is 21.8 Å². The molecule has 1 amide bonds. The van der Waals surface area contributed by atoms with Crippen LogP contribution in [0.4, 0.5) is 0 Å². The van der Waals surface area contributed by atoms with E-state index in [1.54, 1.807) is 13.2 Å². The molecule has 0 N–H and O–H groups in total. The van der Waals surface area contributed by atoms with E-state index in [9.17, 15) is 4.79 Å². The van der Waals surface area contributed by atoms with Crippen molar-refractivity contribution in [3.05, 3.63) is 22.7 Å². The van der Waals surface area contributed by atoms with Gasteiger partial charge in [0.1, 0.15) is 11.5 Å². The van der Waals surface area contributed by atoms with Crippen molar-refractivity contribution in [3.63, 3.8) is 0 Å². The van der Waals surface area contributed by atoms with Crippen LogP contribution >= 0.6 is 15.9 Å². The highest BCUT2D eigenvalue weighted by Crippen LogP contribution is 2.29. The van der Waals surface area contributed by atoms with Gasteiger partial charge in [0.2, 0.25) is 0 Å². The largest absolute Gasteiger partial charge is 0.497 e. The number of benzene rings is 1. The fourth-order valence-corrected chi connectivity index (χ4v) is 2.75. The maximum atomic E-state index is 12.1. The fraction of sp³-hybridized carbons (Fsp3) is 0.533. The van der Waals surface area contributed by atoms with Gasteiger partial charge in [0.15, 0.2) is 6.61 Å². The van der Waals surface area contributed by atoms with Gasteiger partial charge in [-0.2, -0.15) is 0 Å². The van der Waals surface area contributed by atoms with Crippen LogP contribution < -0.4 is 9.47 Å². The van der Waals surface area contributed by atoms with E-state index in [2.05, 4.69) is 15.9 Å². The summed E-state index contributed by atoms with van der Waals surface area (Å²) < 4.78 is 11.5. The Labute approximate surface area is 128 Å². The van der Waals surface area contributed by atoms with Crippen LogP contribution in [0.15, 0.2) is 22.7 Å². The summed E-state index contributed by atoms with van der Waals surface area (Å²) in [6, 6.07) is 5.45. The van der Waals surface area contributed by atoms with Crippen molar-refractivity contribution in [2.45, 2.75) is 25.7 Å². The van der Waals surface area contributed by atoms with Crippen LogP contribution in [-0.4, -0.2) is 37.6 Å². The number of amides is 1. The second-order valence-electron chi connectivity index (χ2n) is 4.88. The minimum Gasteiger partial charge on any atom is -0.497 e. The van der Waals surface area contributed by atoms with Gasteiger partial charge in [0.25, 0.3) is 5.91 Å². The zero-order valence-electron chi connectivity index (χ0n) is 11.7. The van der Waals surface area contributed by atoms with E-state index >= 15 is 0 Å². The number of hydrogen-bond donors (Lipinski definition) is 0. The normalized spacial score (nSPS) is 15.6. The second kappa shape index (κ2) is 7.53. The molecule has 4 nitrogen and oxygen atoms in total. The summed E-state index contributed by atoms with van der Waals surface area (Å²) in [5, 5.41) is 0. The molecule has 1 fully saturated rings. The Kier molecular flexibility index (Phi) is 5.71. The summed E-state index contributed by atoms with van der Waals surface area (Å²) in [7, 11) is 1.62. The monoisotopic (exact) mass is 341 g/mol. The molecule has 0 unspecified atom stereocenters. The number of hydrogen-bond acceptors (Lipinski definition) is 3. The zero-order chi connectivity index (χ0) is 14.4. The molecule has 1 aliphatic heterocycles. The van der Waals surface area contributed by atoms with Gasteiger partial charge in [-0.25, -0.2) is 0 Å². The lowest BCUT2D eigenvalue weighted by atomic mass is 10.2. The molecule has 0 aliphatic carbocycles. The third-order valence-electron chi connectivity index (χ3n) is 3.45. The van der Waals surface area contributed by atoms with Gasteiger partial charge in [-0.3, -0.25) is 4.79 Å². The molecule has 0 aromatic heterocycles. The topological polar surface area (TPSA) is 38.8 Å². The summed E-state index contributed by atoms with van der Waals surface area (Å²) in [4.78, 5) is 14.0. The minimum absolute atomic E-state index is 0.0645. The van der Waals surface area contributed by atoms with E-state index in [1.165, 1.54) is 12.8 Å². The maximum Gasteiger partial charge on any atom is 0.260 e. The molecule has 20 heavy (non-hydrogen) atoms. The molecule has 1 heterocycles. The lowest BCUT2D eigenvalue weighted by Crippen LogP contribution is -2.35. The predicted molar refractivity (Wildman–Crippen MR) is 81.2 cm³/mol. The summed E-state index contributed by atoms with van der Waals surface area (Å²) in [5.74, 6) is 1.48. The molecule has 110 valence electrons. The minimum atomic E-state index is 0.0645. The van der Waals surface area contributed by atoms with Crippen molar-refractivity contribution in [1.82, 2.24) is 4.90 Å². The molecule has 1 saturated heterocycles. The molecule has 0 spiro atoms. The standard InChI is InChI=1S/C15H20BrNO3/c1-19-12-6-7-14(13(16)10-12)20-11-15(18)17-8-4-2-3-5-9-17/h6-7,10H,2-5,8-9,11H2,1H3. The highest BCUT2D eigenvalue weighted by molar-refractivity contribution is 9.10. The summed E-state index contributed by atoms with van der Waals surface area (Å²) >= 11 is 3.42. The van der Waals surface area contributed by atoms with Crippen LogP contribution in [0.3, 0.4) is 0 Å². The fourth-order valence-electron chi connectivity index (χ4n) is 2.28. The first-order chi connectivity index (χ1) is 9.70. The number of carbonyl (C=O) groups excluding carboxylic acids is 1. The molecule has 0 atom stereocenters. The van der Waals surface area contributed by atoms with Crippen molar-refractivity contribution < 1.29 is 14.3 Å². The highest BCUT2D eigenvalue weighted by atomic mass is 79.9. The van der Waals surface area contributed by atoms with Gasteiger partial charge in [-0.15, -0.1) is 0 Å². The summed E-state index contributed by atoms with van der Waals surface area (Å²) in [5.41, 5.74) is 0. The lowest BCUT2D eigenvalue weighted by Gasteiger charge is -2.20. The van der Waals surface area contributed by atoms with E-state index in [0.717, 1.165) is 36.2 Å². The molecule has 1 aromatic rings. The van der Waals surface area contributed by atoms with Crippen molar-refractivity contribution in [2.75, 3.05) is 26.8 Å². The third-order valence-corrected chi connectivity index (χ3v) is 4.07. The third kappa shape index (κ3) is 4.13. The Balaban J connectivity index is 1.89. The smallest absolute Gasteiger partial charge is 0.260 e. The first-order valence-electron chi connectivity index (χ1n) is 6.95. The van der Waals surface area contributed by atoms with Crippen LogP contribution in [0.1, 0.15) is 25.7 Å². The molecular weight excluding hydrogens is 322 g/mol. The van der Waals surface area contributed by atoms with Crippen molar-refractivity contribution in [2.24, 2.45) is 0 Å². The van der Waals surface area contributed by atoms with Gasteiger partial charge in [0.05, 0.1) is 11.6 Å². The Hall–Kier alpha value is -1.23. The number of ether oxygens (including phenoxy) is 2. The Morgan fingerprint density at radius 2 is 1.95 bits per heavy atom. The van der Waals surface area contributed by atoms with Crippen LogP contribution in [-0.2, 0) is 4.79 Å². The second-order valence-corrected chi connectivity index (χ2v) is 5.73. The average Bonchev–Trinajstić information content (AvgIpc) is 2.74. The molecule has 1 aliphatic rings. The number of halogens is 1. The number of rotatable bonds is 4. The van der Waals surface area contributed by atoms with E-state index < -0.39 is 0 Å². The van der Waals surface area contributed by atoms with Gasteiger partial charge in [0, 0.05) is 13.1 Å². The first-order valence-corrected chi connectivity index (χ1v) is 7.74. The predicted octanol–water partition coefficient (Wildman–Crippen LogP) is 3.24. The number of methoxy groups -OCH3 is 1. The summed E-state index contributed by atoms with van der Waals surface area (Å²) in [6.07, 6.45) is 4.62. The average molecular weight is 342 g/mol. The molecule has 0 radical (unpaired) electrons. The molecular formula is C15H20BrNO3. The SMILES string of the molecule is COc1ccc(OCC(=O)N2CCCCCC2)c(Br)c1. The Morgan fingerprint density at radius 1 is 1.25 bits per heavy atom. The van der Waals surface area contributed by atoms with E-state index in [1.807, 2.05) is 17.0 Å². The number of likely N-dealkylation sites (tertiary alicyclic amines) is 1. The Morgan fingerprint density at radius 3 is 2.55 bits per heavy atom. The highest BCUT2D eigenvalue weighted by Gasteiger charge is 2.16. The Bertz CT molecular complexity index is 456. The molecule has 0 saturated carbocycles. The van der Waals surface area contributed by atoms with E-state index in [4.69, 9.17) is 9.47 Å².